The first-order valence-corrected chi connectivity index (χ1v) is 9.98. The summed E-state index contributed by atoms with van der Waals surface area (Å²) in [6.07, 6.45) is 6.60. The Morgan fingerprint density at radius 3 is 2.85 bits per heavy atom. The van der Waals surface area contributed by atoms with E-state index in [1.807, 2.05) is 0 Å². The SMILES string of the molecule is CCOC(=O)c1c(C)oc2nc(CN3CC[C@@H]4CCCC[C@H]4C3)[nH]c(=O)c12. The summed E-state index contributed by atoms with van der Waals surface area (Å²) < 4.78 is 10.7. The highest BCUT2D eigenvalue weighted by molar-refractivity contribution is 6.03. The molecule has 3 heterocycles. The number of likely N-dealkylation sites (tertiary alicyclic amines) is 1. The lowest BCUT2D eigenvalue weighted by Crippen LogP contribution is -2.41. The van der Waals surface area contributed by atoms with Crippen LogP contribution in [0.15, 0.2) is 9.21 Å². The normalized spacial score (nSPS) is 23.3. The van der Waals surface area contributed by atoms with Crippen molar-refractivity contribution in [3.63, 3.8) is 0 Å². The lowest BCUT2D eigenvalue weighted by Gasteiger charge is -2.41. The number of aryl methyl sites for hydroxylation is 1. The quantitative estimate of drug-likeness (QED) is 0.829. The third kappa shape index (κ3) is 3.52. The fourth-order valence-corrected chi connectivity index (χ4v) is 4.72. The molecule has 0 radical (unpaired) electrons. The van der Waals surface area contributed by atoms with Crippen LogP contribution in [-0.2, 0) is 11.3 Å². The number of nitrogens with one attached hydrogen (secondary N) is 1. The van der Waals surface area contributed by atoms with Crippen molar-refractivity contribution in [2.45, 2.75) is 52.5 Å². The first kappa shape index (κ1) is 18.2. The second kappa shape index (κ2) is 7.46. The Morgan fingerprint density at radius 1 is 1.30 bits per heavy atom. The molecule has 2 aromatic heterocycles. The molecule has 0 bridgehead atoms. The number of aromatic nitrogens is 2. The van der Waals surface area contributed by atoms with E-state index in [4.69, 9.17) is 9.15 Å². The van der Waals surface area contributed by atoms with E-state index >= 15 is 0 Å². The number of furan rings is 1. The number of piperidine rings is 1. The minimum absolute atomic E-state index is 0.176. The first-order chi connectivity index (χ1) is 13.1. The Kier molecular flexibility index (Phi) is 5.04. The summed E-state index contributed by atoms with van der Waals surface area (Å²) in [5.74, 6) is 2.04. The monoisotopic (exact) mass is 373 g/mol. The molecular formula is C20H27N3O4. The molecule has 0 aromatic carbocycles. The summed E-state index contributed by atoms with van der Waals surface area (Å²) in [6, 6.07) is 0. The molecule has 7 nitrogen and oxygen atoms in total. The van der Waals surface area contributed by atoms with E-state index < -0.39 is 5.97 Å². The van der Waals surface area contributed by atoms with Gasteiger partial charge in [0.15, 0.2) is 0 Å². The standard InChI is InChI=1S/C20H27N3O4/c1-3-26-20(25)16-12(2)27-19-17(16)18(24)21-15(22-19)11-23-9-8-13-6-4-5-7-14(13)10-23/h13-14H,3-11H2,1-2H3,(H,21,22,24)/t13-,14-/m0/s1. The van der Waals surface area contributed by atoms with Crippen molar-refractivity contribution in [2.75, 3.05) is 19.7 Å². The molecule has 1 N–H and O–H groups in total. The molecule has 7 heteroatoms. The van der Waals surface area contributed by atoms with E-state index in [0.29, 0.717) is 18.1 Å². The highest BCUT2D eigenvalue weighted by Gasteiger charge is 2.31. The zero-order valence-electron chi connectivity index (χ0n) is 16.0. The number of nitrogens with zero attached hydrogens (tertiary/aromatic N) is 2. The predicted molar refractivity (Wildman–Crippen MR) is 101 cm³/mol. The largest absolute Gasteiger partial charge is 0.462 e. The average molecular weight is 373 g/mol. The van der Waals surface area contributed by atoms with Crippen LogP contribution < -0.4 is 5.56 Å². The number of esters is 1. The average Bonchev–Trinajstić information content (AvgIpc) is 2.98. The van der Waals surface area contributed by atoms with Gasteiger partial charge in [-0.05, 0) is 45.1 Å². The van der Waals surface area contributed by atoms with Gasteiger partial charge in [0.25, 0.3) is 5.56 Å². The van der Waals surface area contributed by atoms with E-state index in [0.717, 1.165) is 24.9 Å². The topological polar surface area (TPSA) is 88.4 Å². The predicted octanol–water partition coefficient (Wildman–Crippen LogP) is 3.01. The number of fused-ring (bicyclic) bond motifs is 2. The maximum atomic E-state index is 12.6. The zero-order chi connectivity index (χ0) is 19.0. The molecule has 2 atom stereocenters. The van der Waals surface area contributed by atoms with E-state index in [9.17, 15) is 9.59 Å². The number of carbonyl (C=O) groups is 1. The van der Waals surface area contributed by atoms with Gasteiger partial charge in [-0.3, -0.25) is 9.69 Å². The van der Waals surface area contributed by atoms with Crippen molar-refractivity contribution in [1.29, 1.82) is 0 Å². The number of aromatic amines is 1. The van der Waals surface area contributed by atoms with Gasteiger partial charge >= 0.3 is 5.97 Å². The molecule has 4 rings (SSSR count). The highest BCUT2D eigenvalue weighted by atomic mass is 16.5. The molecule has 1 saturated heterocycles. The van der Waals surface area contributed by atoms with Gasteiger partial charge in [-0.25, -0.2) is 4.79 Å². The Bertz CT molecular complexity index is 900. The molecule has 0 unspecified atom stereocenters. The van der Waals surface area contributed by atoms with Gasteiger partial charge in [0, 0.05) is 6.54 Å². The van der Waals surface area contributed by atoms with Gasteiger partial charge in [-0.15, -0.1) is 0 Å². The van der Waals surface area contributed by atoms with Crippen LogP contribution in [-0.4, -0.2) is 40.5 Å². The summed E-state index contributed by atoms with van der Waals surface area (Å²) >= 11 is 0. The molecule has 1 aliphatic carbocycles. The van der Waals surface area contributed by atoms with Gasteiger partial charge in [0.1, 0.15) is 22.5 Å². The molecule has 2 aromatic rings. The molecule has 0 spiro atoms. The summed E-state index contributed by atoms with van der Waals surface area (Å²) in [4.78, 5) is 34.5. The fourth-order valence-electron chi connectivity index (χ4n) is 4.72. The number of ether oxygens (including phenoxy) is 1. The number of H-pyrrole nitrogens is 1. The van der Waals surface area contributed by atoms with Gasteiger partial charge in [-0.1, -0.05) is 19.3 Å². The molecule has 0 amide bonds. The molecule has 2 aliphatic rings. The summed E-state index contributed by atoms with van der Waals surface area (Å²) in [5.41, 5.74) is 0.0412. The van der Waals surface area contributed by atoms with Crippen LogP contribution in [0, 0.1) is 18.8 Å². The van der Waals surface area contributed by atoms with Crippen molar-refractivity contribution in [1.82, 2.24) is 14.9 Å². The molecule has 146 valence electrons. The molecule has 1 aliphatic heterocycles. The van der Waals surface area contributed by atoms with Gasteiger partial charge in [-0.2, -0.15) is 4.98 Å². The maximum Gasteiger partial charge on any atom is 0.342 e. The lowest BCUT2D eigenvalue weighted by molar-refractivity contribution is 0.0526. The first-order valence-electron chi connectivity index (χ1n) is 9.98. The molecule has 27 heavy (non-hydrogen) atoms. The van der Waals surface area contributed by atoms with E-state index in [1.165, 1.54) is 32.1 Å². The molecular weight excluding hydrogens is 346 g/mol. The molecule has 2 fully saturated rings. The third-order valence-electron chi connectivity index (χ3n) is 6.02. The number of carbonyl (C=O) groups excluding carboxylic acids is 1. The second-order valence-electron chi connectivity index (χ2n) is 7.77. The Hall–Kier alpha value is -2.15. The van der Waals surface area contributed by atoms with Crippen LogP contribution in [0.4, 0.5) is 0 Å². The minimum Gasteiger partial charge on any atom is -0.462 e. The molecule has 1 saturated carbocycles. The van der Waals surface area contributed by atoms with Crippen LogP contribution in [0.5, 0.6) is 0 Å². The Morgan fingerprint density at radius 2 is 2.07 bits per heavy atom. The second-order valence-corrected chi connectivity index (χ2v) is 7.77. The van der Waals surface area contributed by atoms with Gasteiger partial charge < -0.3 is 14.1 Å². The van der Waals surface area contributed by atoms with Crippen molar-refractivity contribution < 1.29 is 13.9 Å². The summed E-state index contributed by atoms with van der Waals surface area (Å²) in [7, 11) is 0. The van der Waals surface area contributed by atoms with Crippen LogP contribution in [0.2, 0.25) is 0 Å². The van der Waals surface area contributed by atoms with Gasteiger partial charge in [0.2, 0.25) is 5.71 Å². The minimum atomic E-state index is -0.548. The van der Waals surface area contributed by atoms with E-state index in [2.05, 4.69) is 14.9 Å². The van der Waals surface area contributed by atoms with Crippen molar-refractivity contribution in [3.8, 4) is 0 Å². The van der Waals surface area contributed by atoms with Crippen molar-refractivity contribution in [2.24, 2.45) is 11.8 Å². The fraction of sp³-hybridized carbons (Fsp3) is 0.650. The Balaban J connectivity index is 1.57. The number of rotatable bonds is 4. The number of hydrogen-bond acceptors (Lipinski definition) is 6. The van der Waals surface area contributed by atoms with Gasteiger partial charge in [0.05, 0.1) is 13.2 Å². The van der Waals surface area contributed by atoms with Crippen LogP contribution in [0.1, 0.15) is 61.0 Å². The van der Waals surface area contributed by atoms with E-state index in [-0.39, 0.29) is 28.8 Å². The Labute approximate surface area is 158 Å². The van der Waals surface area contributed by atoms with E-state index in [1.54, 1.807) is 13.8 Å². The summed E-state index contributed by atoms with van der Waals surface area (Å²) in [5, 5.41) is 0.181. The number of hydrogen-bond donors (Lipinski definition) is 1. The lowest BCUT2D eigenvalue weighted by atomic mass is 9.75. The van der Waals surface area contributed by atoms with Crippen molar-refractivity contribution >= 4 is 17.1 Å². The van der Waals surface area contributed by atoms with Crippen LogP contribution in [0.25, 0.3) is 11.1 Å². The smallest absolute Gasteiger partial charge is 0.342 e. The van der Waals surface area contributed by atoms with Crippen LogP contribution >= 0.6 is 0 Å². The third-order valence-corrected chi connectivity index (χ3v) is 6.02. The summed E-state index contributed by atoms with van der Waals surface area (Å²) in [6.45, 7) is 6.33. The van der Waals surface area contributed by atoms with Crippen molar-refractivity contribution in [3.05, 3.63) is 27.5 Å². The zero-order valence-corrected chi connectivity index (χ0v) is 16.0. The highest BCUT2D eigenvalue weighted by Crippen LogP contribution is 2.36. The van der Waals surface area contributed by atoms with Crippen LogP contribution in [0.3, 0.4) is 0 Å². The maximum absolute atomic E-state index is 12.6.